The van der Waals surface area contributed by atoms with Crippen molar-refractivity contribution in [3.63, 3.8) is 0 Å². The van der Waals surface area contributed by atoms with Crippen LogP contribution >= 0.6 is 15.9 Å². The van der Waals surface area contributed by atoms with Crippen LogP contribution in [0.1, 0.15) is 27.2 Å². The predicted molar refractivity (Wildman–Crippen MR) is 70.6 cm³/mol. The lowest BCUT2D eigenvalue weighted by Gasteiger charge is -2.22. The monoisotopic (exact) mass is 319 g/mol. The summed E-state index contributed by atoms with van der Waals surface area (Å²) in [5, 5.41) is 2.70. The van der Waals surface area contributed by atoms with Gasteiger partial charge in [0.1, 0.15) is 5.60 Å². The Hall–Kier alpha value is -1.04. The number of carbonyl (C=O) groups excluding carboxylic acids is 2. The summed E-state index contributed by atoms with van der Waals surface area (Å²) in [6, 6.07) is -0.269. The lowest BCUT2D eigenvalue weighted by molar-refractivity contribution is -0.136. The van der Waals surface area contributed by atoms with Crippen LogP contribution in [0.2, 0.25) is 0 Å². The van der Waals surface area contributed by atoms with E-state index >= 15 is 0 Å². The second-order valence-corrected chi connectivity index (χ2v) is 6.25. The fourth-order valence-corrected chi connectivity index (χ4v) is 2.22. The Labute approximate surface area is 115 Å². The Morgan fingerprint density at radius 3 is 2.56 bits per heavy atom. The van der Waals surface area contributed by atoms with E-state index in [1.54, 1.807) is 26.8 Å². The zero-order valence-corrected chi connectivity index (χ0v) is 12.5. The van der Waals surface area contributed by atoms with Crippen LogP contribution in [0.5, 0.6) is 0 Å². The summed E-state index contributed by atoms with van der Waals surface area (Å²) in [6.45, 7) is 5.38. The zero-order valence-electron chi connectivity index (χ0n) is 11.0. The number of ether oxygens (including phenoxy) is 2. The van der Waals surface area contributed by atoms with E-state index in [-0.39, 0.29) is 16.8 Å². The first-order valence-corrected chi connectivity index (χ1v) is 6.57. The molecule has 1 rings (SSSR count). The minimum atomic E-state index is -0.542. The van der Waals surface area contributed by atoms with Gasteiger partial charge in [0, 0.05) is 10.4 Å². The fourth-order valence-electron chi connectivity index (χ4n) is 1.58. The van der Waals surface area contributed by atoms with E-state index in [0.717, 1.165) is 0 Å². The molecule has 0 aromatic rings. The topological polar surface area (TPSA) is 64.6 Å². The van der Waals surface area contributed by atoms with Gasteiger partial charge in [-0.1, -0.05) is 22.0 Å². The van der Waals surface area contributed by atoms with Crippen molar-refractivity contribution in [2.24, 2.45) is 0 Å². The standard InChI is InChI=1S/C12H18BrNO4/c1-12(2,3)18-11(16)14-9-6-7(5-8(9)13)10(15)17-4/h6,8-9H,5H2,1-4H3,(H,14,16)/t8-,9-/m0/s1. The van der Waals surface area contributed by atoms with Crippen molar-refractivity contribution in [3.8, 4) is 0 Å². The average molecular weight is 320 g/mol. The molecule has 2 atom stereocenters. The van der Waals surface area contributed by atoms with Crippen molar-refractivity contribution in [1.82, 2.24) is 5.32 Å². The quantitative estimate of drug-likeness (QED) is 0.625. The summed E-state index contributed by atoms with van der Waals surface area (Å²) in [5.74, 6) is -0.368. The van der Waals surface area contributed by atoms with E-state index < -0.39 is 11.7 Å². The molecule has 0 saturated carbocycles. The highest BCUT2D eigenvalue weighted by Crippen LogP contribution is 2.26. The summed E-state index contributed by atoms with van der Waals surface area (Å²) in [6.07, 6.45) is 1.71. The number of hydrogen-bond acceptors (Lipinski definition) is 4. The van der Waals surface area contributed by atoms with Gasteiger partial charge in [0.2, 0.25) is 0 Å². The van der Waals surface area contributed by atoms with Gasteiger partial charge in [0.05, 0.1) is 13.2 Å². The van der Waals surface area contributed by atoms with Gasteiger partial charge in [0.25, 0.3) is 0 Å². The minimum absolute atomic E-state index is 0.0286. The van der Waals surface area contributed by atoms with Gasteiger partial charge in [-0.2, -0.15) is 0 Å². The number of rotatable bonds is 2. The van der Waals surface area contributed by atoms with Gasteiger partial charge in [-0.05, 0) is 27.2 Å². The Bertz CT molecular complexity index is 373. The number of esters is 1. The number of alkyl carbamates (subject to hydrolysis) is 1. The molecule has 0 spiro atoms. The fraction of sp³-hybridized carbons (Fsp3) is 0.667. The van der Waals surface area contributed by atoms with Crippen LogP contribution in [0, 0.1) is 0 Å². The Morgan fingerprint density at radius 2 is 2.06 bits per heavy atom. The average Bonchev–Trinajstić information content (AvgIpc) is 2.56. The van der Waals surface area contributed by atoms with Crippen molar-refractivity contribution in [2.75, 3.05) is 7.11 Å². The molecule has 0 heterocycles. The number of hydrogen-bond donors (Lipinski definition) is 1. The summed E-state index contributed by atoms with van der Waals surface area (Å²) in [5.41, 5.74) is 0.0137. The third kappa shape index (κ3) is 4.33. The van der Waals surface area contributed by atoms with Crippen molar-refractivity contribution in [3.05, 3.63) is 11.6 Å². The number of methoxy groups -OCH3 is 1. The van der Waals surface area contributed by atoms with Crippen LogP contribution in [0.3, 0.4) is 0 Å². The number of halogens is 1. The molecule has 0 saturated heterocycles. The highest BCUT2D eigenvalue weighted by Gasteiger charge is 2.31. The molecule has 0 bridgehead atoms. The van der Waals surface area contributed by atoms with Gasteiger partial charge in [-0.15, -0.1) is 0 Å². The molecule has 0 aromatic carbocycles. The summed E-state index contributed by atoms with van der Waals surface area (Å²) in [4.78, 5) is 22.9. The largest absolute Gasteiger partial charge is 0.466 e. The molecular weight excluding hydrogens is 302 g/mol. The van der Waals surface area contributed by atoms with Crippen LogP contribution in [-0.4, -0.2) is 35.6 Å². The van der Waals surface area contributed by atoms with Crippen molar-refractivity contribution < 1.29 is 19.1 Å². The molecular formula is C12H18BrNO4. The molecule has 1 amide bonds. The van der Waals surface area contributed by atoms with Gasteiger partial charge >= 0.3 is 12.1 Å². The third-order valence-corrected chi connectivity index (χ3v) is 3.21. The second-order valence-electron chi connectivity index (χ2n) is 5.08. The van der Waals surface area contributed by atoms with Crippen LogP contribution in [-0.2, 0) is 14.3 Å². The van der Waals surface area contributed by atoms with E-state index in [2.05, 4.69) is 26.0 Å². The maximum atomic E-state index is 11.6. The van der Waals surface area contributed by atoms with Crippen LogP contribution < -0.4 is 5.32 Å². The molecule has 102 valence electrons. The van der Waals surface area contributed by atoms with E-state index in [0.29, 0.717) is 12.0 Å². The Kier molecular flexibility index (Phi) is 4.78. The van der Waals surface area contributed by atoms with E-state index in [4.69, 9.17) is 4.74 Å². The molecule has 0 aromatic heterocycles. The molecule has 1 aliphatic carbocycles. The normalized spacial score (nSPS) is 23.3. The molecule has 0 fully saturated rings. The van der Waals surface area contributed by atoms with E-state index in [1.165, 1.54) is 7.11 Å². The molecule has 0 unspecified atom stereocenters. The number of carbonyl (C=O) groups is 2. The van der Waals surface area contributed by atoms with E-state index in [1.807, 2.05) is 0 Å². The maximum Gasteiger partial charge on any atom is 0.408 e. The second kappa shape index (κ2) is 5.73. The van der Waals surface area contributed by atoms with Gasteiger partial charge < -0.3 is 14.8 Å². The first kappa shape index (κ1) is 15.0. The van der Waals surface area contributed by atoms with Gasteiger partial charge in [-0.3, -0.25) is 0 Å². The van der Waals surface area contributed by atoms with Gasteiger partial charge in [-0.25, -0.2) is 9.59 Å². The van der Waals surface area contributed by atoms with Gasteiger partial charge in [0.15, 0.2) is 0 Å². The van der Waals surface area contributed by atoms with Crippen LogP contribution in [0.15, 0.2) is 11.6 Å². The highest BCUT2D eigenvalue weighted by molar-refractivity contribution is 9.09. The van der Waals surface area contributed by atoms with Crippen molar-refractivity contribution in [2.45, 2.75) is 43.7 Å². The van der Waals surface area contributed by atoms with Crippen molar-refractivity contribution in [1.29, 1.82) is 0 Å². The molecule has 0 radical (unpaired) electrons. The molecule has 18 heavy (non-hydrogen) atoms. The zero-order chi connectivity index (χ0) is 13.9. The van der Waals surface area contributed by atoms with E-state index in [9.17, 15) is 9.59 Å². The maximum absolute atomic E-state index is 11.6. The number of alkyl halides is 1. The first-order valence-electron chi connectivity index (χ1n) is 5.65. The lowest BCUT2D eigenvalue weighted by Crippen LogP contribution is -2.40. The lowest BCUT2D eigenvalue weighted by atomic mass is 10.2. The Morgan fingerprint density at radius 1 is 1.44 bits per heavy atom. The summed E-state index contributed by atoms with van der Waals surface area (Å²) < 4.78 is 9.80. The number of nitrogens with one attached hydrogen (secondary N) is 1. The first-order chi connectivity index (χ1) is 8.23. The SMILES string of the molecule is COC(=O)C1=C[C@H](NC(=O)OC(C)(C)C)[C@@H](Br)C1. The molecule has 1 aliphatic rings. The smallest absolute Gasteiger partial charge is 0.408 e. The Balaban J connectivity index is 2.60. The predicted octanol–water partition coefficient (Wildman–Crippen LogP) is 2.15. The summed E-state index contributed by atoms with van der Waals surface area (Å²) in [7, 11) is 1.33. The minimum Gasteiger partial charge on any atom is -0.466 e. The molecule has 1 N–H and O–H groups in total. The molecule has 0 aliphatic heterocycles. The van der Waals surface area contributed by atoms with Crippen LogP contribution in [0.25, 0.3) is 0 Å². The summed E-state index contributed by atoms with van der Waals surface area (Å²) >= 11 is 3.42. The molecule has 6 heteroatoms. The van der Waals surface area contributed by atoms with Crippen molar-refractivity contribution >= 4 is 28.0 Å². The van der Waals surface area contributed by atoms with Crippen LogP contribution in [0.4, 0.5) is 4.79 Å². The number of amides is 1. The third-order valence-electron chi connectivity index (χ3n) is 2.32. The highest BCUT2D eigenvalue weighted by atomic mass is 79.9. The molecule has 5 nitrogen and oxygen atoms in total.